The fourth-order valence-corrected chi connectivity index (χ4v) is 3.33. The zero-order valence-corrected chi connectivity index (χ0v) is 12.6. The molecular weight excluding hydrogens is 285 g/mol. The van der Waals surface area contributed by atoms with E-state index in [-0.39, 0.29) is 23.0 Å². The lowest BCUT2D eigenvalue weighted by molar-refractivity contribution is 0.157. The van der Waals surface area contributed by atoms with Crippen LogP contribution in [0.3, 0.4) is 0 Å². The van der Waals surface area contributed by atoms with Gasteiger partial charge in [0.1, 0.15) is 5.82 Å². The van der Waals surface area contributed by atoms with Gasteiger partial charge in [0.05, 0.1) is 18.1 Å². The summed E-state index contributed by atoms with van der Waals surface area (Å²) in [6.45, 7) is 3.43. The molecule has 1 unspecified atom stereocenters. The van der Waals surface area contributed by atoms with Gasteiger partial charge in [0.2, 0.25) is 10.0 Å². The molecular formula is C13H20FNO4S. The second-order valence-corrected chi connectivity index (χ2v) is 6.52. The Labute approximate surface area is 118 Å². The van der Waals surface area contributed by atoms with Gasteiger partial charge in [-0.1, -0.05) is 19.9 Å². The summed E-state index contributed by atoms with van der Waals surface area (Å²) in [7, 11) is -2.44. The highest BCUT2D eigenvalue weighted by atomic mass is 32.2. The van der Waals surface area contributed by atoms with Gasteiger partial charge in [-0.3, -0.25) is 0 Å². The van der Waals surface area contributed by atoms with Crippen LogP contribution >= 0.6 is 0 Å². The molecule has 1 rings (SSSR count). The Morgan fingerprint density at radius 2 is 2.05 bits per heavy atom. The van der Waals surface area contributed by atoms with Crippen LogP contribution in [0.5, 0.6) is 0 Å². The van der Waals surface area contributed by atoms with Crippen molar-refractivity contribution < 1.29 is 22.7 Å². The van der Waals surface area contributed by atoms with Crippen LogP contribution < -0.4 is 4.72 Å². The van der Waals surface area contributed by atoms with Crippen LogP contribution in [-0.4, -0.2) is 33.3 Å². The predicted molar refractivity (Wildman–Crippen MR) is 73.1 cm³/mol. The average molecular weight is 305 g/mol. The summed E-state index contributed by atoms with van der Waals surface area (Å²) in [5, 5.41) is 9.18. The van der Waals surface area contributed by atoms with Crippen molar-refractivity contribution in [1.29, 1.82) is 0 Å². The first-order valence-corrected chi connectivity index (χ1v) is 7.70. The quantitative estimate of drug-likeness (QED) is 0.795. The number of hydrogen-bond donors (Lipinski definition) is 2. The van der Waals surface area contributed by atoms with Gasteiger partial charge < -0.3 is 9.84 Å². The summed E-state index contributed by atoms with van der Waals surface area (Å²) < 4.78 is 45.3. The third-order valence-corrected chi connectivity index (χ3v) is 4.52. The zero-order valence-electron chi connectivity index (χ0n) is 11.8. The second kappa shape index (κ2) is 7.12. The lowest BCUT2D eigenvalue weighted by Crippen LogP contribution is -2.41. The topological polar surface area (TPSA) is 75.6 Å². The fraction of sp³-hybridized carbons (Fsp3) is 0.538. The smallest absolute Gasteiger partial charge is 0.241 e. The van der Waals surface area contributed by atoms with Crippen molar-refractivity contribution in [1.82, 2.24) is 4.72 Å². The highest BCUT2D eigenvalue weighted by Crippen LogP contribution is 2.18. The van der Waals surface area contributed by atoms with Crippen molar-refractivity contribution in [3.05, 3.63) is 29.6 Å². The van der Waals surface area contributed by atoms with Crippen molar-refractivity contribution in [3.63, 3.8) is 0 Å². The fourth-order valence-electron chi connectivity index (χ4n) is 1.71. The summed E-state index contributed by atoms with van der Waals surface area (Å²) in [4.78, 5) is -0.248. The summed E-state index contributed by atoms with van der Waals surface area (Å²) in [6.07, 6.45) is 0. The molecule has 0 saturated heterocycles. The standard InChI is InChI=1S/C13H20FNO4S/c1-9(2)12(8-19-3)15-20(17,18)13-6-11(14)5-4-10(13)7-16/h4-6,9,12,15-16H,7-8H2,1-3H3. The van der Waals surface area contributed by atoms with E-state index in [2.05, 4.69) is 4.72 Å². The van der Waals surface area contributed by atoms with Gasteiger partial charge in [0.25, 0.3) is 0 Å². The van der Waals surface area contributed by atoms with Crippen molar-refractivity contribution >= 4 is 10.0 Å². The van der Waals surface area contributed by atoms with Crippen LogP contribution in [0, 0.1) is 11.7 Å². The van der Waals surface area contributed by atoms with E-state index in [0.717, 1.165) is 12.1 Å². The molecule has 1 aromatic carbocycles. The molecule has 0 aromatic heterocycles. The third-order valence-electron chi connectivity index (χ3n) is 2.95. The minimum atomic E-state index is -3.92. The Bertz CT molecular complexity index is 545. The third kappa shape index (κ3) is 4.24. The maximum absolute atomic E-state index is 13.3. The van der Waals surface area contributed by atoms with Crippen LogP contribution in [0.15, 0.2) is 23.1 Å². The van der Waals surface area contributed by atoms with E-state index in [1.807, 2.05) is 13.8 Å². The normalized spacial score (nSPS) is 13.7. The Hall–Kier alpha value is -1.02. The molecule has 0 fully saturated rings. The van der Waals surface area contributed by atoms with E-state index in [0.29, 0.717) is 0 Å². The number of benzene rings is 1. The highest BCUT2D eigenvalue weighted by molar-refractivity contribution is 7.89. The molecule has 0 amide bonds. The van der Waals surface area contributed by atoms with Gasteiger partial charge in [-0.2, -0.15) is 0 Å². The maximum atomic E-state index is 13.3. The molecule has 5 nitrogen and oxygen atoms in total. The predicted octanol–water partition coefficient (Wildman–Crippen LogP) is 1.27. The van der Waals surface area contributed by atoms with E-state index in [9.17, 15) is 17.9 Å². The molecule has 0 aliphatic rings. The molecule has 1 atom stereocenters. The van der Waals surface area contributed by atoms with Crippen molar-refractivity contribution in [2.75, 3.05) is 13.7 Å². The van der Waals surface area contributed by atoms with Crippen LogP contribution in [0.1, 0.15) is 19.4 Å². The monoisotopic (exact) mass is 305 g/mol. The molecule has 0 saturated carbocycles. The number of hydrogen-bond acceptors (Lipinski definition) is 4. The van der Waals surface area contributed by atoms with E-state index in [4.69, 9.17) is 4.74 Å². The van der Waals surface area contributed by atoms with Gasteiger partial charge in [0, 0.05) is 13.2 Å². The Morgan fingerprint density at radius 1 is 1.40 bits per heavy atom. The van der Waals surface area contributed by atoms with Gasteiger partial charge >= 0.3 is 0 Å². The van der Waals surface area contributed by atoms with E-state index in [1.54, 1.807) is 0 Å². The summed E-state index contributed by atoms with van der Waals surface area (Å²) >= 11 is 0. The van der Waals surface area contributed by atoms with Crippen LogP contribution in [0.25, 0.3) is 0 Å². The molecule has 0 spiro atoms. The second-order valence-electron chi connectivity index (χ2n) is 4.84. The molecule has 0 heterocycles. The molecule has 114 valence electrons. The first kappa shape index (κ1) is 17.0. The summed E-state index contributed by atoms with van der Waals surface area (Å²) in [6, 6.07) is 2.84. The number of ether oxygens (including phenoxy) is 1. The van der Waals surface area contributed by atoms with Crippen LogP contribution in [-0.2, 0) is 21.4 Å². The summed E-state index contributed by atoms with van der Waals surface area (Å²) in [5.74, 6) is -0.661. The first-order chi connectivity index (χ1) is 9.31. The minimum Gasteiger partial charge on any atom is -0.392 e. The Kier molecular flexibility index (Phi) is 6.07. The summed E-state index contributed by atoms with van der Waals surface area (Å²) in [5.41, 5.74) is 0.152. The van der Waals surface area contributed by atoms with Crippen LogP contribution in [0.2, 0.25) is 0 Å². The van der Waals surface area contributed by atoms with Gasteiger partial charge in [-0.05, 0) is 23.6 Å². The maximum Gasteiger partial charge on any atom is 0.241 e. The van der Waals surface area contributed by atoms with Crippen molar-refractivity contribution in [2.45, 2.75) is 31.4 Å². The van der Waals surface area contributed by atoms with Gasteiger partial charge in [0.15, 0.2) is 0 Å². The number of halogens is 1. The molecule has 0 aliphatic carbocycles. The lowest BCUT2D eigenvalue weighted by atomic mass is 10.1. The van der Waals surface area contributed by atoms with E-state index in [1.165, 1.54) is 13.2 Å². The highest BCUT2D eigenvalue weighted by Gasteiger charge is 2.25. The molecule has 20 heavy (non-hydrogen) atoms. The molecule has 7 heteroatoms. The molecule has 1 aromatic rings. The number of aliphatic hydroxyl groups is 1. The molecule has 0 radical (unpaired) electrons. The SMILES string of the molecule is COCC(NS(=O)(=O)c1cc(F)ccc1CO)C(C)C. The van der Waals surface area contributed by atoms with Crippen LogP contribution in [0.4, 0.5) is 4.39 Å². The Morgan fingerprint density at radius 3 is 2.55 bits per heavy atom. The molecule has 2 N–H and O–H groups in total. The van der Waals surface area contributed by atoms with E-state index >= 15 is 0 Å². The van der Waals surface area contributed by atoms with E-state index < -0.39 is 28.5 Å². The molecule has 0 bridgehead atoms. The minimum absolute atomic E-state index is 0.0101. The Balaban J connectivity index is 3.13. The number of methoxy groups -OCH3 is 1. The number of nitrogens with one attached hydrogen (secondary N) is 1. The zero-order chi connectivity index (χ0) is 15.3. The number of rotatable bonds is 7. The van der Waals surface area contributed by atoms with Crippen molar-refractivity contribution in [2.24, 2.45) is 5.92 Å². The largest absolute Gasteiger partial charge is 0.392 e. The average Bonchev–Trinajstić information content (AvgIpc) is 2.38. The van der Waals surface area contributed by atoms with Crippen molar-refractivity contribution in [3.8, 4) is 0 Å². The number of sulfonamides is 1. The first-order valence-electron chi connectivity index (χ1n) is 6.22. The van der Waals surface area contributed by atoms with Gasteiger partial charge in [-0.15, -0.1) is 0 Å². The number of aliphatic hydroxyl groups excluding tert-OH is 1. The molecule has 0 aliphatic heterocycles. The lowest BCUT2D eigenvalue weighted by Gasteiger charge is -2.22. The van der Waals surface area contributed by atoms with Gasteiger partial charge in [-0.25, -0.2) is 17.5 Å².